The van der Waals surface area contributed by atoms with Gasteiger partial charge in [0.25, 0.3) is 5.91 Å². The number of ether oxygens (including phenoxy) is 1. The highest BCUT2D eigenvalue weighted by Crippen LogP contribution is 2.31. The number of urea groups is 1. The minimum atomic E-state index is -0.566. The molecule has 2 aliphatic rings. The predicted octanol–water partition coefficient (Wildman–Crippen LogP) is 2.93. The van der Waals surface area contributed by atoms with Crippen molar-refractivity contribution in [1.29, 1.82) is 0 Å². The van der Waals surface area contributed by atoms with Gasteiger partial charge >= 0.3 is 6.03 Å². The molecule has 3 heterocycles. The lowest BCUT2D eigenvalue weighted by Gasteiger charge is -2.11. The van der Waals surface area contributed by atoms with E-state index in [0.29, 0.717) is 34.0 Å². The molecular formula is C19H15ClN6O3. The highest BCUT2D eigenvalue weighted by atomic mass is 35.5. The second kappa shape index (κ2) is 6.78. The molecule has 0 unspecified atom stereocenters. The zero-order valence-electron chi connectivity index (χ0n) is 15.0. The van der Waals surface area contributed by atoms with Gasteiger partial charge in [-0.3, -0.25) is 10.1 Å². The van der Waals surface area contributed by atoms with Gasteiger partial charge in [0, 0.05) is 17.1 Å². The van der Waals surface area contributed by atoms with E-state index >= 15 is 0 Å². The summed E-state index contributed by atoms with van der Waals surface area (Å²) in [5.41, 5.74) is 2.00. The Morgan fingerprint density at radius 3 is 2.83 bits per heavy atom. The summed E-state index contributed by atoms with van der Waals surface area (Å²) in [4.78, 5) is 27.6. The van der Waals surface area contributed by atoms with Crippen LogP contribution in [0.5, 0.6) is 11.6 Å². The monoisotopic (exact) mass is 410 g/mol. The molecule has 1 saturated heterocycles. The van der Waals surface area contributed by atoms with Crippen LogP contribution in [-0.4, -0.2) is 32.6 Å². The van der Waals surface area contributed by atoms with E-state index in [1.54, 1.807) is 41.0 Å². The van der Waals surface area contributed by atoms with Gasteiger partial charge in [0.2, 0.25) is 5.88 Å². The van der Waals surface area contributed by atoms with Gasteiger partial charge in [-0.1, -0.05) is 17.7 Å². The molecule has 146 valence electrons. The van der Waals surface area contributed by atoms with Crippen molar-refractivity contribution in [2.75, 3.05) is 5.32 Å². The first kappa shape index (κ1) is 17.5. The van der Waals surface area contributed by atoms with Gasteiger partial charge in [-0.05, 0) is 37.1 Å². The smallest absolute Gasteiger partial charge is 0.326 e. The number of hydrogen-bond acceptors (Lipinski definition) is 6. The molecule has 29 heavy (non-hydrogen) atoms. The van der Waals surface area contributed by atoms with E-state index < -0.39 is 11.9 Å². The summed E-state index contributed by atoms with van der Waals surface area (Å²) in [6, 6.07) is 8.61. The summed E-state index contributed by atoms with van der Waals surface area (Å²) in [6.45, 7) is 0. The largest absolute Gasteiger partial charge is 0.437 e. The Balaban J connectivity index is 1.57. The summed E-state index contributed by atoms with van der Waals surface area (Å²) >= 11 is 6.03. The van der Waals surface area contributed by atoms with Crippen molar-refractivity contribution in [1.82, 2.24) is 25.2 Å². The second-order valence-electron chi connectivity index (χ2n) is 6.76. The number of imidazole rings is 1. The standard InChI is InChI=1S/C19H15ClN6O3/c20-10-2-1-3-13(6-10)29-16-8-14(22-11-4-5-11)17-21-9-12(26(17)25-16)7-15-18(27)24-19(28)23-15/h1-3,6-9,11,22H,4-5H2,(H2,23,24,27,28). The molecule has 3 aromatic rings. The summed E-state index contributed by atoms with van der Waals surface area (Å²) in [7, 11) is 0. The number of nitrogens with one attached hydrogen (secondary N) is 3. The van der Waals surface area contributed by atoms with Crippen molar-refractivity contribution in [3.63, 3.8) is 0 Å². The normalized spacial score (nSPS) is 17.5. The van der Waals surface area contributed by atoms with Crippen LogP contribution in [0.2, 0.25) is 5.02 Å². The van der Waals surface area contributed by atoms with Gasteiger partial charge in [-0.25, -0.2) is 14.3 Å². The maximum Gasteiger partial charge on any atom is 0.326 e. The molecule has 3 amide bonds. The van der Waals surface area contributed by atoms with E-state index in [1.165, 1.54) is 6.08 Å². The van der Waals surface area contributed by atoms with E-state index in [-0.39, 0.29) is 5.70 Å². The highest BCUT2D eigenvalue weighted by Gasteiger charge is 2.25. The number of benzene rings is 1. The Morgan fingerprint density at radius 1 is 1.24 bits per heavy atom. The van der Waals surface area contributed by atoms with Gasteiger partial charge in [-0.2, -0.15) is 0 Å². The molecule has 5 rings (SSSR count). The SMILES string of the molecule is O=C1NC(=O)C(=Cc2cnc3c(NC4CC4)cc(Oc4cccc(Cl)c4)nn23)N1. The molecule has 0 spiro atoms. The number of carbonyl (C=O) groups excluding carboxylic acids is 2. The molecular weight excluding hydrogens is 396 g/mol. The molecule has 10 heteroatoms. The lowest BCUT2D eigenvalue weighted by molar-refractivity contribution is -0.115. The van der Waals surface area contributed by atoms with Crippen molar-refractivity contribution in [2.45, 2.75) is 18.9 Å². The van der Waals surface area contributed by atoms with Crippen LogP contribution in [0.15, 0.2) is 42.2 Å². The minimum absolute atomic E-state index is 0.122. The van der Waals surface area contributed by atoms with Gasteiger partial charge in [0.15, 0.2) is 5.65 Å². The lowest BCUT2D eigenvalue weighted by atomic mass is 10.3. The van der Waals surface area contributed by atoms with Crippen LogP contribution >= 0.6 is 11.6 Å². The first-order valence-corrected chi connectivity index (χ1v) is 9.36. The van der Waals surface area contributed by atoms with E-state index in [9.17, 15) is 9.59 Å². The summed E-state index contributed by atoms with van der Waals surface area (Å²) < 4.78 is 7.45. The molecule has 3 N–H and O–H groups in total. The number of imide groups is 1. The number of hydrogen-bond donors (Lipinski definition) is 3. The molecule has 0 bridgehead atoms. The lowest BCUT2D eigenvalue weighted by Crippen LogP contribution is -2.22. The fourth-order valence-electron chi connectivity index (χ4n) is 2.95. The highest BCUT2D eigenvalue weighted by molar-refractivity contribution is 6.30. The Hall–Kier alpha value is -3.59. The van der Waals surface area contributed by atoms with Crippen LogP contribution in [0.25, 0.3) is 11.7 Å². The molecule has 2 aromatic heterocycles. The molecule has 9 nitrogen and oxygen atoms in total. The Bertz CT molecular complexity index is 1180. The summed E-state index contributed by atoms with van der Waals surface area (Å²) in [5.74, 6) is 0.372. The number of fused-ring (bicyclic) bond motifs is 1. The van der Waals surface area contributed by atoms with Gasteiger partial charge < -0.3 is 15.4 Å². The first-order chi connectivity index (χ1) is 14.0. The molecule has 1 aliphatic heterocycles. The third-order valence-corrected chi connectivity index (χ3v) is 4.67. The van der Waals surface area contributed by atoms with Crippen LogP contribution in [0.4, 0.5) is 10.5 Å². The van der Waals surface area contributed by atoms with E-state index in [4.69, 9.17) is 16.3 Å². The van der Waals surface area contributed by atoms with Crippen molar-refractivity contribution < 1.29 is 14.3 Å². The van der Waals surface area contributed by atoms with Crippen LogP contribution in [0.1, 0.15) is 18.5 Å². The number of rotatable bonds is 5. The third kappa shape index (κ3) is 3.59. The van der Waals surface area contributed by atoms with Crippen molar-refractivity contribution in [3.8, 4) is 11.6 Å². The predicted molar refractivity (Wildman–Crippen MR) is 106 cm³/mol. The number of halogens is 1. The fourth-order valence-corrected chi connectivity index (χ4v) is 3.13. The maximum absolute atomic E-state index is 11.8. The van der Waals surface area contributed by atoms with Gasteiger partial charge in [0.1, 0.15) is 11.4 Å². The number of nitrogens with zero attached hydrogens (tertiary/aromatic N) is 3. The topological polar surface area (TPSA) is 110 Å². The number of carbonyl (C=O) groups is 2. The number of anilines is 1. The minimum Gasteiger partial charge on any atom is -0.437 e. The Morgan fingerprint density at radius 2 is 2.10 bits per heavy atom. The fraction of sp³-hybridized carbons (Fsp3) is 0.158. The van der Waals surface area contributed by atoms with Crippen molar-refractivity contribution in [2.24, 2.45) is 0 Å². The molecule has 1 aromatic carbocycles. The van der Waals surface area contributed by atoms with Crippen LogP contribution in [0, 0.1) is 0 Å². The average Bonchev–Trinajstić information content (AvgIpc) is 3.31. The number of amides is 3. The summed E-state index contributed by atoms with van der Waals surface area (Å²) in [6.07, 6.45) is 5.26. The Labute approximate surface area is 169 Å². The molecule has 1 aliphatic carbocycles. The second-order valence-corrected chi connectivity index (χ2v) is 7.20. The first-order valence-electron chi connectivity index (χ1n) is 8.98. The van der Waals surface area contributed by atoms with Crippen molar-refractivity contribution in [3.05, 3.63) is 52.9 Å². The zero-order valence-corrected chi connectivity index (χ0v) is 15.7. The quantitative estimate of drug-likeness (QED) is 0.440. The van der Waals surface area contributed by atoms with Gasteiger partial charge in [-0.15, -0.1) is 5.10 Å². The third-order valence-electron chi connectivity index (χ3n) is 4.44. The molecule has 2 fully saturated rings. The summed E-state index contributed by atoms with van der Waals surface area (Å²) in [5, 5.41) is 13.1. The van der Waals surface area contributed by atoms with Crippen LogP contribution in [-0.2, 0) is 4.79 Å². The van der Waals surface area contributed by atoms with E-state index in [1.807, 2.05) is 0 Å². The zero-order chi connectivity index (χ0) is 20.0. The van der Waals surface area contributed by atoms with Crippen molar-refractivity contribution >= 4 is 40.9 Å². The average molecular weight is 411 g/mol. The van der Waals surface area contributed by atoms with Gasteiger partial charge in [0.05, 0.1) is 17.6 Å². The van der Waals surface area contributed by atoms with E-state index in [0.717, 1.165) is 18.5 Å². The Kier molecular flexibility index (Phi) is 4.09. The maximum atomic E-state index is 11.8. The molecule has 1 saturated carbocycles. The van der Waals surface area contributed by atoms with Crippen LogP contribution in [0.3, 0.4) is 0 Å². The van der Waals surface area contributed by atoms with Crippen LogP contribution < -0.4 is 20.7 Å². The molecule has 0 atom stereocenters. The number of aromatic nitrogens is 3. The van der Waals surface area contributed by atoms with E-state index in [2.05, 4.69) is 26.0 Å². The molecule has 0 radical (unpaired) electrons.